The fraction of sp³-hybridized carbons (Fsp3) is 0.357. The molecule has 0 aliphatic heterocycles. The number of aliphatic hydroxyl groups excluding tert-OH is 1. The third-order valence-electron chi connectivity index (χ3n) is 2.96. The third-order valence-corrected chi connectivity index (χ3v) is 3.57. The Hall–Kier alpha value is -1.13. The van der Waals surface area contributed by atoms with E-state index in [0.29, 0.717) is 6.42 Å². The molecule has 1 unspecified atom stereocenters. The fourth-order valence-electron chi connectivity index (χ4n) is 2.11. The van der Waals surface area contributed by atoms with Crippen LogP contribution in [0.4, 0.5) is 0 Å². The van der Waals surface area contributed by atoms with Crippen molar-refractivity contribution < 1.29 is 5.11 Å². The van der Waals surface area contributed by atoms with Crippen LogP contribution < -0.4 is 0 Å². The first kappa shape index (κ1) is 13.3. The van der Waals surface area contributed by atoms with E-state index in [1.54, 1.807) is 6.20 Å². The molecular formula is C14H17BrN2O. The Balaban J connectivity index is 2.21. The van der Waals surface area contributed by atoms with Crippen molar-refractivity contribution in [2.24, 2.45) is 0 Å². The number of aliphatic hydroxyl groups is 1. The standard InChI is InChI=1S/C14H17BrN2O/c1-3-17-14(12(15)9-16-17)13(18)8-11-6-4-5-10(2)7-11/h4-7,9,13,18H,3,8H2,1-2H3. The van der Waals surface area contributed by atoms with Crippen LogP contribution >= 0.6 is 15.9 Å². The van der Waals surface area contributed by atoms with Gasteiger partial charge in [-0.25, -0.2) is 0 Å². The molecule has 1 heterocycles. The maximum atomic E-state index is 10.4. The summed E-state index contributed by atoms with van der Waals surface area (Å²) in [7, 11) is 0. The molecule has 96 valence electrons. The van der Waals surface area contributed by atoms with Crippen LogP contribution in [0.5, 0.6) is 0 Å². The molecule has 2 aromatic rings. The van der Waals surface area contributed by atoms with Crippen LogP contribution in [0.3, 0.4) is 0 Å². The number of benzene rings is 1. The highest BCUT2D eigenvalue weighted by atomic mass is 79.9. The number of aryl methyl sites for hydroxylation is 2. The van der Waals surface area contributed by atoms with Gasteiger partial charge < -0.3 is 5.11 Å². The molecule has 0 aliphatic carbocycles. The predicted octanol–water partition coefficient (Wildman–Crippen LogP) is 3.25. The zero-order valence-corrected chi connectivity index (χ0v) is 12.2. The van der Waals surface area contributed by atoms with E-state index in [1.165, 1.54) is 5.56 Å². The van der Waals surface area contributed by atoms with Gasteiger partial charge in [-0.05, 0) is 35.3 Å². The molecule has 4 heteroatoms. The highest BCUT2D eigenvalue weighted by Crippen LogP contribution is 2.26. The average molecular weight is 309 g/mol. The van der Waals surface area contributed by atoms with Gasteiger partial charge in [-0.3, -0.25) is 4.68 Å². The van der Waals surface area contributed by atoms with Gasteiger partial charge in [-0.2, -0.15) is 5.10 Å². The Labute approximate surface area is 116 Å². The molecule has 1 aromatic carbocycles. The van der Waals surface area contributed by atoms with Gasteiger partial charge in [0.1, 0.15) is 6.10 Å². The predicted molar refractivity (Wildman–Crippen MR) is 75.4 cm³/mol. The van der Waals surface area contributed by atoms with E-state index in [1.807, 2.05) is 23.7 Å². The summed E-state index contributed by atoms with van der Waals surface area (Å²) in [4.78, 5) is 0. The lowest BCUT2D eigenvalue weighted by Gasteiger charge is -2.13. The number of aromatic nitrogens is 2. The smallest absolute Gasteiger partial charge is 0.101 e. The molecule has 18 heavy (non-hydrogen) atoms. The van der Waals surface area contributed by atoms with Crippen LogP contribution in [0, 0.1) is 6.92 Å². The van der Waals surface area contributed by atoms with Gasteiger partial charge >= 0.3 is 0 Å². The quantitative estimate of drug-likeness (QED) is 0.941. The van der Waals surface area contributed by atoms with Gasteiger partial charge in [0.15, 0.2) is 0 Å². The van der Waals surface area contributed by atoms with Crippen molar-refractivity contribution in [2.45, 2.75) is 32.9 Å². The summed E-state index contributed by atoms with van der Waals surface area (Å²) in [6, 6.07) is 8.21. The van der Waals surface area contributed by atoms with Crippen molar-refractivity contribution in [3.63, 3.8) is 0 Å². The molecule has 0 fully saturated rings. The van der Waals surface area contributed by atoms with E-state index in [2.05, 4.69) is 40.1 Å². The third kappa shape index (κ3) is 2.82. The molecule has 0 saturated heterocycles. The minimum absolute atomic E-state index is 0.538. The first-order valence-electron chi connectivity index (χ1n) is 6.06. The maximum absolute atomic E-state index is 10.4. The van der Waals surface area contributed by atoms with Gasteiger partial charge in [0.2, 0.25) is 0 Å². The minimum atomic E-state index is -0.538. The van der Waals surface area contributed by atoms with E-state index in [9.17, 15) is 5.11 Å². The molecule has 0 saturated carbocycles. The van der Waals surface area contributed by atoms with Gasteiger partial charge in [0.25, 0.3) is 0 Å². The van der Waals surface area contributed by atoms with Crippen molar-refractivity contribution in [2.75, 3.05) is 0 Å². The normalized spacial score (nSPS) is 12.7. The highest BCUT2D eigenvalue weighted by Gasteiger charge is 2.17. The molecule has 0 radical (unpaired) electrons. The van der Waals surface area contributed by atoms with Crippen molar-refractivity contribution in [1.29, 1.82) is 0 Å². The second-order valence-corrected chi connectivity index (χ2v) is 5.26. The topological polar surface area (TPSA) is 38.0 Å². The summed E-state index contributed by atoms with van der Waals surface area (Å²) in [6.45, 7) is 4.83. The van der Waals surface area contributed by atoms with Gasteiger partial charge in [-0.1, -0.05) is 29.8 Å². The largest absolute Gasteiger partial charge is 0.386 e. The lowest BCUT2D eigenvalue weighted by Crippen LogP contribution is -2.10. The Morgan fingerprint density at radius 3 is 2.89 bits per heavy atom. The van der Waals surface area contributed by atoms with Crippen LogP contribution in [-0.2, 0) is 13.0 Å². The van der Waals surface area contributed by atoms with Crippen molar-refractivity contribution >= 4 is 15.9 Å². The van der Waals surface area contributed by atoms with Crippen LogP contribution in [0.25, 0.3) is 0 Å². The van der Waals surface area contributed by atoms with E-state index >= 15 is 0 Å². The molecule has 0 spiro atoms. The second-order valence-electron chi connectivity index (χ2n) is 4.40. The van der Waals surface area contributed by atoms with Gasteiger partial charge in [0, 0.05) is 13.0 Å². The van der Waals surface area contributed by atoms with Crippen molar-refractivity contribution in [3.05, 3.63) is 51.8 Å². The van der Waals surface area contributed by atoms with Crippen LogP contribution in [-0.4, -0.2) is 14.9 Å². The lowest BCUT2D eigenvalue weighted by atomic mass is 10.0. The van der Waals surface area contributed by atoms with E-state index in [4.69, 9.17) is 0 Å². The number of hydrogen-bond donors (Lipinski definition) is 1. The van der Waals surface area contributed by atoms with Crippen LogP contribution in [0.2, 0.25) is 0 Å². The zero-order valence-electron chi connectivity index (χ0n) is 10.6. The van der Waals surface area contributed by atoms with E-state index in [0.717, 1.165) is 22.3 Å². The average Bonchev–Trinajstić information content (AvgIpc) is 2.70. The first-order valence-corrected chi connectivity index (χ1v) is 6.86. The Morgan fingerprint density at radius 1 is 1.44 bits per heavy atom. The highest BCUT2D eigenvalue weighted by molar-refractivity contribution is 9.10. The monoisotopic (exact) mass is 308 g/mol. The van der Waals surface area contributed by atoms with E-state index in [-0.39, 0.29) is 0 Å². The molecule has 3 nitrogen and oxygen atoms in total. The van der Waals surface area contributed by atoms with Gasteiger partial charge in [0.05, 0.1) is 16.4 Å². The molecule has 1 N–H and O–H groups in total. The summed E-state index contributed by atoms with van der Waals surface area (Å²) < 4.78 is 2.69. The van der Waals surface area contributed by atoms with Gasteiger partial charge in [-0.15, -0.1) is 0 Å². The molecular weight excluding hydrogens is 292 g/mol. The fourth-order valence-corrected chi connectivity index (χ4v) is 2.67. The van der Waals surface area contributed by atoms with E-state index < -0.39 is 6.10 Å². The molecule has 0 amide bonds. The van der Waals surface area contributed by atoms with Crippen molar-refractivity contribution in [3.8, 4) is 0 Å². The Kier molecular flexibility index (Phi) is 4.19. The lowest BCUT2D eigenvalue weighted by molar-refractivity contribution is 0.166. The van der Waals surface area contributed by atoms with Crippen molar-refractivity contribution in [1.82, 2.24) is 9.78 Å². The summed E-state index contributed by atoms with van der Waals surface area (Å²) in [6.07, 6.45) is 1.80. The molecule has 2 rings (SSSR count). The number of nitrogens with zero attached hydrogens (tertiary/aromatic N) is 2. The zero-order chi connectivity index (χ0) is 13.1. The molecule has 0 aliphatic rings. The summed E-state index contributed by atoms with van der Waals surface area (Å²) in [5.74, 6) is 0. The summed E-state index contributed by atoms with van der Waals surface area (Å²) in [5.41, 5.74) is 3.19. The second kappa shape index (κ2) is 5.67. The summed E-state index contributed by atoms with van der Waals surface area (Å²) in [5, 5.41) is 14.6. The SMILES string of the molecule is CCn1ncc(Br)c1C(O)Cc1cccc(C)c1. The number of halogens is 1. The first-order chi connectivity index (χ1) is 8.61. The Morgan fingerprint density at radius 2 is 2.22 bits per heavy atom. The van der Waals surface area contributed by atoms with Crippen LogP contribution in [0.1, 0.15) is 29.8 Å². The molecule has 0 bridgehead atoms. The molecule has 1 atom stereocenters. The maximum Gasteiger partial charge on any atom is 0.101 e. The van der Waals surface area contributed by atoms with Crippen LogP contribution in [0.15, 0.2) is 34.9 Å². The number of rotatable bonds is 4. The number of hydrogen-bond acceptors (Lipinski definition) is 2. The molecule has 1 aromatic heterocycles. The minimum Gasteiger partial charge on any atom is -0.386 e. The summed E-state index contributed by atoms with van der Waals surface area (Å²) >= 11 is 3.44. The Bertz CT molecular complexity index is 536.